The van der Waals surface area contributed by atoms with E-state index >= 15 is 0 Å². The van der Waals surface area contributed by atoms with Gasteiger partial charge in [0.25, 0.3) is 0 Å². The number of hydrogen-bond donors (Lipinski definition) is 2. The third kappa shape index (κ3) is 1.91. The summed E-state index contributed by atoms with van der Waals surface area (Å²) < 4.78 is 0. The number of aromatic nitrogens is 2. The SMILES string of the molecule is CCC1(c2nc3ccc(Cl)cc3[nH]2)CCCNC1. The molecule has 2 N–H and O–H groups in total. The molecule has 3 nitrogen and oxygen atoms in total. The van der Waals surface area contributed by atoms with Gasteiger partial charge in [0.2, 0.25) is 0 Å². The van der Waals surface area contributed by atoms with Gasteiger partial charge in [0.1, 0.15) is 5.82 Å². The minimum atomic E-state index is 0.156. The van der Waals surface area contributed by atoms with Crippen molar-refractivity contribution in [3.63, 3.8) is 0 Å². The number of halogens is 1. The summed E-state index contributed by atoms with van der Waals surface area (Å²) in [5.41, 5.74) is 2.20. The number of nitrogens with zero attached hydrogens (tertiary/aromatic N) is 1. The van der Waals surface area contributed by atoms with Crippen LogP contribution in [-0.4, -0.2) is 23.1 Å². The van der Waals surface area contributed by atoms with Crippen LogP contribution in [-0.2, 0) is 5.41 Å². The number of benzene rings is 1. The number of piperidine rings is 1. The van der Waals surface area contributed by atoms with Crippen LogP contribution in [0.2, 0.25) is 5.02 Å². The summed E-state index contributed by atoms with van der Waals surface area (Å²) in [5.74, 6) is 1.11. The van der Waals surface area contributed by atoms with Crippen LogP contribution in [0, 0.1) is 0 Å². The highest BCUT2D eigenvalue weighted by molar-refractivity contribution is 6.31. The lowest BCUT2D eigenvalue weighted by atomic mass is 9.77. The van der Waals surface area contributed by atoms with Gasteiger partial charge >= 0.3 is 0 Å². The lowest BCUT2D eigenvalue weighted by Crippen LogP contribution is -2.43. The van der Waals surface area contributed by atoms with Crippen molar-refractivity contribution in [3.8, 4) is 0 Å². The average molecular weight is 264 g/mol. The summed E-state index contributed by atoms with van der Waals surface area (Å²) in [4.78, 5) is 8.23. The fourth-order valence-electron chi connectivity index (χ4n) is 2.87. The average Bonchev–Trinajstić information content (AvgIpc) is 2.83. The van der Waals surface area contributed by atoms with Crippen LogP contribution < -0.4 is 5.32 Å². The van der Waals surface area contributed by atoms with Gasteiger partial charge in [0.15, 0.2) is 0 Å². The zero-order chi connectivity index (χ0) is 12.6. The summed E-state index contributed by atoms with van der Waals surface area (Å²) in [5, 5.41) is 4.25. The van der Waals surface area contributed by atoms with E-state index in [1.54, 1.807) is 0 Å². The number of nitrogens with one attached hydrogen (secondary N) is 2. The van der Waals surface area contributed by atoms with Crippen molar-refractivity contribution in [2.24, 2.45) is 0 Å². The molecule has 2 heterocycles. The lowest BCUT2D eigenvalue weighted by molar-refractivity contribution is 0.290. The molecule has 0 saturated carbocycles. The van der Waals surface area contributed by atoms with Crippen LogP contribution in [0.3, 0.4) is 0 Å². The van der Waals surface area contributed by atoms with Gasteiger partial charge in [-0.15, -0.1) is 0 Å². The number of hydrogen-bond acceptors (Lipinski definition) is 2. The highest BCUT2D eigenvalue weighted by Gasteiger charge is 2.34. The number of rotatable bonds is 2. The van der Waals surface area contributed by atoms with Crippen LogP contribution in [0.4, 0.5) is 0 Å². The molecule has 0 amide bonds. The number of aromatic amines is 1. The molecule has 0 radical (unpaired) electrons. The Morgan fingerprint density at radius 2 is 2.33 bits per heavy atom. The summed E-state index contributed by atoms with van der Waals surface area (Å²) in [7, 11) is 0. The molecule has 1 fully saturated rings. The smallest absolute Gasteiger partial charge is 0.114 e. The second-order valence-corrected chi connectivity index (χ2v) is 5.60. The molecule has 1 atom stereocenters. The minimum absolute atomic E-state index is 0.156. The van der Waals surface area contributed by atoms with Crippen molar-refractivity contribution in [2.75, 3.05) is 13.1 Å². The quantitative estimate of drug-likeness (QED) is 0.873. The molecule has 1 aliphatic heterocycles. The normalized spacial score (nSPS) is 24.6. The Morgan fingerprint density at radius 1 is 1.44 bits per heavy atom. The van der Waals surface area contributed by atoms with Crippen LogP contribution >= 0.6 is 11.6 Å². The molecule has 96 valence electrons. The topological polar surface area (TPSA) is 40.7 Å². The largest absolute Gasteiger partial charge is 0.341 e. The monoisotopic (exact) mass is 263 g/mol. The standard InChI is InChI=1S/C14H18ClN3/c1-2-14(6-3-7-16-9-14)13-17-11-5-4-10(15)8-12(11)18-13/h4-5,8,16H,2-3,6-7,9H2,1H3,(H,17,18). The summed E-state index contributed by atoms with van der Waals surface area (Å²) in [6.45, 7) is 4.37. The summed E-state index contributed by atoms with van der Waals surface area (Å²) >= 11 is 6.02. The van der Waals surface area contributed by atoms with Gasteiger partial charge in [-0.1, -0.05) is 18.5 Å². The van der Waals surface area contributed by atoms with Crippen molar-refractivity contribution >= 4 is 22.6 Å². The first kappa shape index (κ1) is 12.0. The third-order valence-electron chi connectivity index (χ3n) is 4.10. The van der Waals surface area contributed by atoms with Crippen molar-refractivity contribution in [1.29, 1.82) is 0 Å². The van der Waals surface area contributed by atoms with Crippen molar-refractivity contribution in [2.45, 2.75) is 31.6 Å². The molecule has 0 spiro atoms. The number of H-pyrrole nitrogens is 1. The Hall–Kier alpha value is -1.06. The molecule has 3 rings (SSSR count). The van der Waals surface area contributed by atoms with E-state index in [4.69, 9.17) is 16.6 Å². The third-order valence-corrected chi connectivity index (χ3v) is 4.33. The van der Waals surface area contributed by atoms with Crippen LogP contribution in [0.25, 0.3) is 11.0 Å². The molecule has 4 heteroatoms. The Labute approximate surface area is 112 Å². The highest BCUT2D eigenvalue weighted by Crippen LogP contribution is 2.34. The maximum absolute atomic E-state index is 6.02. The fourth-order valence-corrected chi connectivity index (χ4v) is 3.04. The van der Waals surface area contributed by atoms with Gasteiger partial charge in [-0.2, -0.15) is 0 Å². The fraction of sp³-hybridized carbons (Fsp3) is 0.500. The molecule has 0 aliphatic carbocycles. The Kier molecular flexibility index (Phi) is 3.04. The first-order valence-electron chi connectivity index (χ1n) is 6.60. The number of fused-ring (bicyclic) bond motifs is 1. The van der Waals surface area contributed by atoms with E-state index < -0.39 is 0 Å². The Balaban J connectivity index is 2.06. The second-order valence-electron chi connectivity index (χ2n) is 5.16. The minimum Gasteiger partial charge on any atom is -0.341 e. The van der Waals surface area contributed by atoms with Gasteiger partial charge < -0.3 is 10.3 Å². The first-order valence-corrected chi connectivity index (χ1v) is 6.98. The van der Waals surface area contributed by atoms with E-state index in [0.717, 1.165) is 41.4 Å². The molecule has 1 unspecified atom stereocenters. The zero-order valence-corrected chi connectivity index (χ0v) is 11.3. The molecular weight excluding hydrogens is 246 g/mol. The van der Waals surface area contributed by atoms with Gasteiger partial charge in [0, 0.05) is 17.0 Å². The van der Waals surface area contributed by atoms with Crippen molar-refractivity contribution < 1.29 is 0 Å². The van der Waals surface area contributed by atoms with E-state index in [0.29, 0.717) is 0 Å². The molecule has 18 heavy (non-hydrogen) atoms. The van der Waals surface area contributed by atoms with E-state index in [-0.39, 0.29) is 5.41 Å². The molecular formula is C14H18ClN3. The van der Waals surface area contributed by atoms with Crippen LogP contribution in [0.1, 0.15) is 32.0 Å². The molecule has 1 aromatic carbocycles. The molecule has 0 bridgehead atoms. The Bertz CT molecular complexity index is 555. The Morgan fingerprint density at radius 3 is 3.06 bits per heavy atom. The predicted octanol–water partition coefficient (Wildman–Crippen LogP) is 3.25. The molecule has 2 aromatic rings. The maximum atomic E-state index is 6.02. The van der Waals surface area contributed by atoms with Crippen molar-refractivity contribution in [3.05, 3.63) is 29.0 Å². The maximum Gasteiger partial charge on any atom is 0.114 e. The van der Waals surface area contributed by atoms with Gasteiger partial charge in [-0.3, -0.25) is 0 Å². The van der Waals surface area contributed by atoms with Crippen LogP contribution in [0.5, 0.6) is 0 Å². The predicted molar refractivity (Wildman–Crippen MR) is 75.2 cm³/mol. The van der Waals surface area contributed by atoms with Gasteiger partial charge in [-0.05, 0) is 44.0 Å². The molecule has 1 saturated heterocycles. The number of imidazole rings is 1. The lowest BCUT2D eigenvalue weighted by Gasteiger charge is -2.35. The van der Waals surface area contributed by atoms with Gasteiger partial charge in [-0.25, -0.2) is 4.98 Å². The first-order chi connectivity index (χ1) is 8.73. The summed E-state index contributed by atoms with van der Waals surface area (Å²) in [6, 6.07) is 5.83. The summed E-state index contributed by atoms with van der Waals surface area (Å²) in [6.07, 6.45) is 3.52. The van der Waals surface area contributed by atoms with E-state index in [1.807, 2.05) is 18.2 Å². The van der Waals surface area contributed by atoms with Crippen molar-refractivity contribution in [1.82, 2.24) is 15.3 Å². The van der Waals surface area contributed by atoms with Gasteiger partial charge in [0.05, 0.1) is 11.0 Å². The van der Waals surface area contributed by atoms with E-state index in [2.05, 4.69) is 17.2 Å². The molecule has 1 aromatic heterocycles. The highest BCUT2D eigenvalue weighted by atomic mass is 35.5. The zero-order valence-electron chi connectivity index (χ0n) is 10.6. The van der Waals surface area contributed by atoms with Crippen LogP contribution in [0.15, 0.2) is 18.2 Å². The van der Waals surface area contributed by atoms with E-state index in [1.165, 1.54) is 12.8 Å². The second kappa shape index (κ2) is 4.56. The van der Waals surface area contributed by atoms with E-state index in [9.17, 15) is 0 Å². The molecule has 1 aliphatic rings.